The summed E-state index contributed by atoms with van der Waals surface area (Å²) in [5, 5.41) is 0. The highest BCUT2D eigenvalue weighted by Gasteiger charge is 2.36. The average molecular weight is 458 g/mol. The van der Waals surface area contributed by atoms with Crippen LogP contribution in [0.15, 0.2) is 89.9 Å². The number of hydrogen-bond donors (Lipinski definition) is 1. The van der Waals surface area contributed by atoms with Crippen molar-refractivity contribution in [2.75, 3.05) is 6.61 Å². The molecular formula is C24H18N4O6. The number of fused-ring (bicyclic) bond motifs is 1. The van der Waals surface area contributed by atoms with Crippen LogP contribution in [-0.4, -0.2) is 44.2 Å². The Kier molecular flexibility index (Phi) is 5.61. The first-order valence-electron chi connectivity index (χ1n) is 10.4. The molecular weight excluding hydrogens is 440 g/mol. The van der Waals surface area contributed by atoms with E-state index in [0.29, 0.717) is 11.1 Å². The minimum Gasteiger partial charge on any atom is -0.467 e. The lowest BCUT2D eigenvalue weighted by Crippen LogP contribution is -2.26. The van der Waals surface area contributed by atoms with E-state index < -0.39 is 29.8 Å². The number of carbonyl (C=O) groups excluding carboxylic acids is 2. The second-order valence-electron chi connectivity index (χ2n) is 7.38. The van der Waals surface area contributed by atoms with E-state index >= 15 is 0 Å². The Labute approximate surface area is 192 Å². The van der Waals surface area contributed by atoms with Crippen LogP contribution in [0.1, 0.15) is 26.9 Å². The van der Waals surface area contributed by atoms with E-state index in [0.717, 1.165) is 0 Å². The second-order valence-corrected chi connectivity index (χ2v) is 7.38. The normalized spacial score (nSPS) is 17.1. The first kappa shape index (κ1) is 21.1. The Morgan fingerprint density at radius 3 is 2.35 bits per heavy atom. The van der Waals surface area contributed by atoms with Gasteiger partial charge in [-0.15, -0.1) is 0 Å². The summed E-state index contributed by atoms with van der Waals surface area (Å²) < 4.78 is 18.5. The van der Waals surface area contributed by atoms with Crippen molar-refractivity contribution in [2.24, 2.45) is 0 Å². The lowest BCUT2D eigenvalue weighted by atomic mass is 10.2. The van der Waals surface area contributed by atoms with Crippen LogP contribution in [0.2, 0.25) is 0 Å². The number of esters is 2. The Hall–Kier alpha value is -4.73. The lowest BCUT2D eigenvalue weighted by molar-refractivity contribution is -0.0282. The van der Waals surface area contributed by atoms with E-state index in [1.807, 2.05) is 0 Å². The number of nitrogens with zero attached hydrogens (tertiary/aromatic N) is 3. The van der Waals surface area contributed by atoms with Gasteiger partial charge >= 0.3 is 11.9 Å². The number of rotatable bonds is 6. The summed E-state index contributed by atoms with van der Waals surface area (Å²) in [6.45, 7) is -0.176. The molecule has 0 unspecified atom stereocenters. The van der Waals surface area contributed by atoms with Gasteiger partial charge in [0.1, 0.15) is 18.7 Å². The van der Waals surface area contributed by atoms with Crippen LogP contribution in [-0.2, 0) is 14.2 Å². The quantitative estimate of drug-likeness (QED) is 0.437. The summed E-state index contributed by atoms with van der Waals surface area (Å²) in [4.78, 5) is 47.8. The predicted molar refractivity (Wildman–Crippen MR) is 119 cm³/mol. The molecule has 170 valence electrons. The summed E-state index contributed by atoms with van der Waals surface area (Å²) >= 11 is 0. The summed E-state index contributed by atoms with van der Waals surface area (Å²) in [6, 6.07) is 17.0. The molecule has 3 heterocycles. The molecule has 0 saturated carbocycles. The van der Waals surface area contributed by atoms with Gasteiger partial charge in [0.25, 0.3) is 5.56 Å². The fourth-order valence-corrected chi connectivity index (χ4v) is 3.53. The Balaban J connectivity index is 1.40. The van der Waals surface area contributed by atoms with Crippen molar-refractivity contribution in [1.82, 2.24) is 19.5 Å². The molecule has 1 aliphatic rings. The van der Waals surface area contributed by atoms with Gasteiger partial charge in [-0.2, -0.15) is 0 Å². The highest BCUT2D eigenvalue weighted by atomic mass is 16.6. The summed E-state index contributed by atoms with van der Waals surface area (Å²) in [5.74, 6) is -0.798. The summed E-state index contributed by atoms with van der Waals surface area (Å²) in [6.07, 6.45) is 2.39. The Morgan fingerprint density at radius 1 is 0.971 bits per heavy atom. The molecule has 0 aliphatic carbocycles. The van der Waals surface area contributed by atoms with Gasteiger partial charge in [0, 0.05) is 6.08 Å². The zero-order chi connectivity index (χ0) is 23.5. The van der Waals surface area contributed by atoms with Crippen LogP contribution in [0.5, 0.6) is 0 Å². The maximum Gasteiger partial charge on any atom is 0.338 e. The number of benzene rings is 2. The third-order valence-electron chi connectivity index (χ3n) is 5.15. The molecule has 1 aliphatic heterocycles. The highest BCUT2D eigenvalue weighted by Crippen LogP contribution is 2.31. The van der Waals surface area contributed by atoms with Gasteiger partial charge < -0.3 is 19.2 Å². The van der Waals surface area contributed by atoms with Crippen LogP contribution in [0, 0.1) is 0 Å². The number of hydrogen-bond acceptors (Lipinski definition) is 8. The summed E-state index contributed by atoms with van der Waals surface area (Å²) in [5.41, 5.74) is 0.718. The van der Waals surface area contributed by atoms with E-state index in [9.17, 15) is 14.4 Å². The van der Waals surface area contributed by atoms with Crippen LogP contribution in [0.3, 0.4) is 0 Å². The lowest BCUT2D eigenvalue weighted by Gasteiger charge is -2.21. The van der Waals surface area contributed by atoms with Crippen molar-refractivity contribution < 1.29 is 23.8 Å². The maximum absolute atomic E-state index is 12.7. The van der Waals surface area contributed by atoms with Gasteiger partial charge in [-0.25, -0.2) is 19.6 Å². The van der Waals surface area contributed by atoms with E-state index in [1.165, 1.54) is 17.2 Å². The molecule has 0 spiro atoms. The van der Waals surface area contributed by atoms with E-state index in [4.69, 9.17) is 14.2 Å². The van der Waals surface area contributed by atoms with Crippen LogP contribution >= 0.6 is 0 Å². The van der Waals surface area contributed by atoms with Gasteiger partial charge in [-0.05, 0) is 24.3 Å². The number of H-pyrrole nitrogens is 1. The first-order chi connectivity index (χ1) is 16.6. The maximum atomic E-state index is 12.7. The fourth-order valence-electron chi connectivity index (χ4n) is 3.53. The molecule has 0 amide bonds. The van der Waals surface area contributed by atoms with Crippen molar-refractivity contribution in [3.63, 3.8) is 0 Å². The van der Waals surface area contributed by atoms with Crippen LogP contribution in [0.25, 0.3) is 11.2 Å². The topological polar surface area (TPSA) is 125 Å². The van der Waals surface area contributed by atoms with Crippen molar-refractivity contribution in [3.8, 4) is 0 Å². The SMILES string of the molecule is O=C(OCC1=C[C@@H](OC(=O)c2ccccc2)[C@H](n2cnc3c(=O)[nH]cnc32)O1)c1ccccc1. The number of carbonyl (C=O) groups is 2. The molecule has 4 aromatic rings. The van der Waals surface area contributed by atoms with Crippen LogP contribution in [0.4, 0.5) is 0 Å². The molecule has 0 fully saturated rings. The largest absolute Gasteiger partial charge is 0.467 e. The van der Waals surface area contributed by atoms with E-state index in [1.54, 1.807) is 66.7 Å². The molecule has 2 atom stereocenters. The van der Waals surface area contributed by atoms with Gasteiger partial charge in [-0.1, -0.05) is 36.4 Å². The van der Waals surface area contributed by atoms with Crippen LogP contribution < -0.4 is 5.56 Å². The Bertz CT molecular complexity index is 1430. The molecule has 0 saturated heterocycles. The number of aromatic nitrogens is 4. The smallest absolute Gasteiger partial charge is 0.338 e. The molecule has 1 N–H and O–H groups in total. The number of ether oxygens (including phenoxy) is 3. The minimum absolute atomic E-state index is 0.114. The van der Waals surface area contributed by atoms with Crippen molar-refractivity contribution in [2.45, 2.75) is 12.3 Å². The fraction of sp³-hybridized carbons (Fsp3) is 0.125. The van der Waals surface area contributed by atoms with Gasteiger partial charge in [-0.3, -0.25) is 9.36 Å². The minimum atomic E-state index is -0.905. The second kappa shape index (κ2) is 9.02. The number of aromatic amines is 1. The van der Waals surface area contributed by atoms with Gasteiger partial charge in [0.15, 0.2) is 17.3 Å². The molecule has 0 radical (unpaired) electrons. The van der Waals surface area contributed by atoms with E-state index in [-0.39, 0.29) is 23.5 Å². The molecule has 10 nitrogen and oxygen atoms in total. The molecule has 0 bridgehead atoms. The highest BCUT2D eigenvalue weighted by molar-refractivity contribution is 5.90. The van der Waals surface area contributed by atoms with Crippen molar-refractivity contribution in [3.05, 3.63) is 107 Å². The van der Waals surface area contributed by atoms with Crippen molar-refractivity contribution in [1.29, 1.82) is 0 Å². The zero-order valence-electron chi connectivity index (χ0n) is 17.7. The molecule has 2 aromatic heterocycles. The predicted octanol–water partition coefficient (Wildman–Crippen LogP) is 2.61. The average Bonchev–Trinajstić information content (AvgIpc) is 3.48. The number of imidazole rings is 1. The molecule has 5 rings (SSSR count). The molecule has 34 heavy (non-hydrogen) atoms. The Morgan fingerprint density at radius 2 is 1.65 bits per heavy atom. The third-order valence-corrected chi connectivity index (χ3v) is 5.15. The third kappa shape index (κ3) is 4.16. The summed E-state index contributed by atoms with van der Waals surface area (Å²) in [7, 11) is 0. The standard InChI is InChI=1S/C24H18N4O6/c29-21-19-20(25-13-26-21)28(14-27-19)22-18(34-24(31)16-9-5-2-6-10-16)11-17(33-22)12-32-23(30)15-7-3-1-4-8-15/h1-11,13-14,18,22H,12H2,(H,25,26,29)/t18-,22-/m1/s1. The zero-order valence-corrected chi connectivity index (χ0v) is 17.7. The van der Waals surface area contributed by atoms with E-state index in [2.05, 4.69) is 15.0 Å². The molecule has 10 heteroatoms. The monoisotopic (exact) mass is 458 g/mol. The molecule has 2 aromatic carbocycles. The van der Waals surface area contributed by atoms with Gasteiger partial charge in [0.2, 0.25) is 6.23 Å². The number of nitrogens with one attached hydrogen (secondary N) is 1. The van der Waals surface area contributed by atoms with Crippen molar-refractivity contribution >= 4 is 23.1 Å². The first-order valence-corrected chi connectivity index (χ1v) is 10.4. The van der Waals surface area contributed by atoms with Gasteiger partial charge in [0.05, 0.1) is 17.5 Å².